The number of hydrogen-bond acceptors (Lipinski definition) is 6. The standard InChI is InChI=1S/C19H26N4O5/c1-3-14(2)21-18(25)19(26)22-20-12-15-6-4-5-7-16(15)28-13-17(24)23-8-10-27-11-9-23/h4-7,12,14H,3,8-11,13H2,1-2H3,(H,21,25)(H,22,26)/b20-12-/t14-/m1/s1. The van der Waals surface area contributed by atoms with Crippen molar-refractivity contribution in [3.8, 4) is 5.75 Å². The third-order valence-corrected chi connectivity index (χ3v) is 4.20. The number of hydrogen-bond donors (Lipinski definition) is 2. The Labute approximate surface area is 164 Å². The molecule has 28 heavy (non-hydrogen) atoms. The number of nitrogens with zero attached hydrogens (tertiary/aromatic N) is 2. The van der Waals surface area contributed by atoms with Crippen LogP contribution in [0.15, 0.2) is 29.4 Å². The van der Waals surface area contributed by atoms with Gasteiger partial charge in [-0.2, -0.15) is 5.10 Å². The van der Waals surface area contributed by atoms with E-state index in [1.54, 1.807) is 36.1 Å². The van der Waals surface area contributed by atoms with Gasteiger partial charge in [-0.05, 0) is 25.5 Å². The first-order chi connectivity index (χ1) is 13.5. The molecule has 0 radical (unpaired) electrons. The summed E-state index contributed by atoms with van der Waals surface area (Å²) in [5, 5.41) is 6.35. The van der Waals surface area contributed by atoms with Crippen molar-refractivity contribution in [3.63, 3.8) is 0 Å². The smallest absolute Gasteiger partial charge is 0.329 e. The molecule has 1 atom stereocenters. The molecule has 1 saturated heterocycles. The largest absolute Gasteiger partial charge is 0.483 e. The van der Waals surface area contributed by atoms with E-state index in [0.717, 1.165) is 6.42 Å². The highest BCUT2D eigenvalue weighted by molar-refractivity contribution is 6.35. The summed E-state index contributed by atoms with van der Waals surface area (Å²) in [6.07, 6.45) is 2.08. The van der Waals surface area contributed by atoms with Crippen LogP contribution < -0.4 is 15.5 Å². The van der Waals surface area contributed by atoms with E-state index < -0.39 is 11.8 Å². The van der Waals surface area contributed by atoms with Crippen LogP contribution in [0.5, 0.6) is 5.75 Å². The zero-order valence-electron chi connectivity index (χ0n) is 16.1. The van der Waals surface area contributed by atoms with Crippen LogP contribution in [0.4, 0.5) is 0 Å². The van der Waals surface area contributed by atoms with Gasteiger partial charge in [-0.1, -0.05) is 19.1 Å². The molecule has 0 unspecified atom stereocenters. The lowest BCUT2D eigenvalue weighted by Gasteiger charge is -2.26. The zero-order chi connectivity index (χ0) is 20.4. The highest BCUT2D eigenvalue weighted by Gasteiger charge is 2.18. The van der Waals surface area contributed by atoms with E-state index in [2.05, 4.69) is 15.8 Å². The summed E-state index contributed by atoms with van der Waals surface area (Å²) in [5.74, 6) is -1.26. The van der Waals surface area contributed by atoms with Crippen LogP contribution in [0.25, 0.3) is 0 Å². The Balaban J connectivity index is 1.88. The van der Waals surface area contributed by atoms with Crippen molar-refractivity contribution < 1.29 is 23.9 Å². The quantitative estimate of drug-likeness (QED) is 0.395. The molecule has 0 saturated carbocycles. The third kappa shape index (κ3) is 6.66. The van der Waals surface area contributed by atoms with E-state index in [-0.39, 0.29) is 18.6 Å². The predicted octanol–water partition coefficient (Wildman–Crippen LogP) is 0.289. The Morgan fingerprint density at radius 2 is 1.96 bits per heavy atom. The molecule has 0 aliphatic carbocycles. The lowest BCUT2D eigenvalue weighted by atomic mass is 10.2. The van der Waals surface area contributed by atoms with Crippen molar-refractivity contribution in [2.24, 2.45) is 5.10 Å². The second-order valence-corrected chi connectivity index (χ2v) is 6.30. The lowest BCUT2D eigenvalue weighted by Crippen LogP contribution is -2.43. The molecular formula is C19H26N4O5. The first-order valence-corrected chi connectivity index (χ1v) is 9.22. The Morgan fingerprint density at radius 3 is 2.68 bits per heavy atom. The molecule has 9 nitrogen and oxygen atoms in total. The first-order valence-electron chi connectivity index (χ1n) is 9.22. The summed E-state index contributed by atoms with van der Waals surface area (Å²) in [7, 11) is 0. The highest BCUT2D eigenvalue weighted by atomic mass is 16.5. The van der Waals surface area contributed by atoms with Crippen LogP contribution in [0.2, 0.25) is 0 Å². The SMILES string of the molecule is CC[C@@H](C)NC(=O)C(=O)N/N=C\c1ccccc1OCC(=O)N1CCOCC1. The van der Waals surface area contributed by atoms with Crippen molar-refractivity contribution in [2.75, 3.05) is 32.9 Å². The summed E-state index contributed by atoms with van der Waals surface area (Å²) in [6, 6.07) is 6.87. The van der Waals surface area contributed by atoms with Crippen molar-refractivity contribution >= 4 is 23.9 Å². The van der Waals surface area contributed by atoms with Crippen LogP contribution in [-0.2, 0) is 19.1 Å². The maximum absolute atomic E-state index is 12.2. The molecule has 1 aromatic carbocycles. The molecule has 2 rings (SSSR count). The normalized spacial score (nSPS) is 15.1. The maximum Gasteiger partial charge on any atom is 0.329 e. The van der Waals surface area contributed by atoms with Gasteiger partial charge in [0, 0.05) is 24.7 Å². The molecule has 1 fully saturated rings. The predicted molar refractivity (Wildman–Crippen MR) is 103 cm³/mol. The van der Waals surface area contributed by atoms with Gasteiger partial charge in [-0.25, -0.2) is 5.43 Å². The Hall–Kier alpha value is -2.94. The molecule has 0 bridgehead atoms. The van der Waals surface area contributed by atoms with Crippen LogP contribution in [0.3, 0.4) is 0 Å². The maximum atomic E-state index is 12.2. The van der Waals surface area contributed by atoms with Gasteiger partial charge < -0.3 is 19.7 Å². The summed E-state index contributed by atoms with van der Waals surface area (Å²) in [4.78, 5) is 37.3. The molecular weight excluding hydrogens is 364 g/mol. The van der Waals surface area contributed by atoms with Gasteiger partial charge >= 0.3 is 11.8 Å². The fraction of sp³-hybridized carbons (Fsp3) is 0.474. The fourth-order valence-corrected chi connectivity index (χ4v) is 2.36. The van der Waals surface area contributed by atoms with Gasteiger partial charge in [0.2, 0.25) is 0 Å². The van der Waals surface area contributed by atoms with E-state index in [4.69, 9.17) is 9.47 Å². The average molecular weight is 390 g/mol. The van der Waals surface area contributed by atoms with Crippen LogP contribution in [0.1, 0.15) is 25.8 Å². The summed E-state index contributed by atoms with van der Waals surface area (Å²) < 4.78 is 10.8. The topological polar surface area (TPSA) is 109 Å². The van der Waals surface area contributed by atoms with E-state index in [1.807, 2.05) is 6.92 Å². The Kier molecular flexibility index (Phi) is 8.41. The number of benzene rings is 1. The van der Waals surface area contributed by atoms with Gasteiger partial charge in [0.05, 0.1) is 19.4 Å². The van der Waals surface area contributed by atoms with Gasteiger partial charge in [0.25, 0.3) is 5.91 Å². The molecule has 152 valence electrons. The van der Waals surface area contributed by atoms with Gasteiger partial charge in [-0.3, -0.25) is 14.4 Å². The second kappa shape index (κ2) is 11.0. The molecule has 0 spiro atoms. The molecule has 1 aliphatic heterocycles. The van der Waals surface area contributed by atoms with Crippen LogP contribution in [-0.4, -0.2) is 67.8 Å². The molecule has 0 aromatic heterocycles. The summed E-state index contributed by atoms with van der Waals surface area (Å²) in [6.45, 7) is 5.77. The van der Waals surface area contributed by atoms with E-state index in [0.29, 0.717) is 37.6 Å². The van der Waals surface area contributed by atoms with Crippen LogP contribution in [0, 0.1) is 0 Å². The number of hydrazone groups is 1. The highest BCUT2D eigenvalue weighted by Crippen LogP contribution is 2.16. The summed E-state index contributed by atoms with van der Waals surface area (Å²) >= 11 is 0. The van der Waals surface area contributed by atoms with Crippen LogP contribution >= 0.6 is 0 Å². The van der Waals surface area contributed by atoms with Crippen molar-refractivity contribution in [3.05, 3.63) is 29.8 Å². The van der Waals surface area contributed by atoms with Crippen molar-refractivity contribution in [1.82, 2.24) is 15.6 Å². The number of ether oxygens (including phenoxy) is 2. The molecule has 3 amide bonds. The van der Waals surface area contributed by atoms with Crippen molar-refractivity contribution in [1.29, 1.82) is 0 Å². The Bertz CT molecular complexity index is 716. The number of carbonyl (C=O) groups is 3. The molecule has 1 aromatic rings. The minimum Gasteiger partial charge on any atom is -0.483 e. The number of para-hydroxylation sites is 1. The molecule has 1 aliphatic rings. The average Bonchev–Trinajstić information content (AvgIpc) is 2.73. The van der Waals surface area contributed by atoms with Crippen molar-refractivity contribution in [2.45, 2.75) is 26.3 Å². The third-order valence-electron chi connectivity index (χ3n) is 4.20. The number of morpholine rings is 1. The number of amides is 3. The van der Waals surface area contributed by atoms with E-state index >= 15 is 0 Å². The number of nitrogens with one attached hydrogen (secondary N) is 2. The number of carbonyl (C=O) groups excluding carboxylic acids is 3. The molecule has 9 heteroatoms. The minimum absolute atomic E-state index is 0.0969. The van der Waals surface area contributed by atoms with E-state index in [9.17, 15) is 14.4 Å². The second-order valence-electron chi connectivity index (χ2n) is 6.30. The Morgan fingerprint density at radius 1 is 1.25 bits per heavy atom. The minimum atomic E-state index is -0.850. The van der Waals surface area contributed by atoms with Gasteiger partial charge in [0.1, 0.15) is 5.75 Å². The number of rotatable bonds is 7. The monoisotopic (exact) mass is 390 g/mol. The summed E-state index contributed by atoms with van der Waals surface area (Å²) in [5.41, 5.74) is 2.75. The van der Waals surface area contributed by atoms with Gasteiger partial charge in [-0.15, -0.1) is 0 Å². The van der Waals surface area contributed by atoms with Gasteiger partial charge in [0.15, 0.2) is 6.61 Å². The molecule has 2 N–H and O–H groups in total. The van der Waals surface area contributed by atoms with E-state index in [1.165, 1.54) is 6.21 Å². The first kappa shape index (κ1) is 21.4. The molecule has 1 heterocycles. The fourth-order valence-electron chi connectivity index (χ4n) is 2.36. The zero-order valence-corrected chi connectivity index (χ0v) is 16.1. The lowest BCUT2D eigenvalue weighted by molar-refractivity contribution is -0.139.